The number of benzene rings is 2. The van der Waals surface area contributed by atoms with Gasteiger partial charge in [0, 0.05) is 23.8 Å². The predicted octanol–water partition coefficient (Wildman–Crippen LogP) is 5.65. The van der Waals surface area contributed by atoms with Gasteiger partial charge in [-0.05, 0) is 48.8 Å². The van der Waals surface area contributed by atoms with Gasteiger partial charge in [0.15, 0.2) is 0 Å². The number of hydrogen-bond acceptors (Lipinski definition) is 6. The van der Waals surface area contributed by atoms with Gasteiger partial charge in [-0.3, -0.25) is 10.1 Å². The molecule has 0 aliphatic carbocycles. The van der Waals surface area contributed by atoms with Crippen molar-refractivity contribution in [3.63, 3.8) is 0 Å². The van der Waals surface area contributed by atoms with Crippen molar-refractivity contribution in [2.45, 2.75) is 52.4 Å². The summed E-state index contributed by atoms with van der Waals surface area (Å²) in [7, 11) is -0.585. The van der Waals surface area contributed by atoms with Gasteiger partial charge in [0.25, 0.3) is 5.69 Å². The largest absolute Gasteiger partial charge is 0.543 e. The molecule has 0 heterocycles. The number of carbonyl (C=O) groups excluding carboxylic acids is 1. The average molecular weight is 432 g/mol. The molecular weight excluding hydrogens is 402 g/mol. The molecule has 8 heteroatoms. The van der Waals surface area contributed by atoms with Crippen LogP contribution in [0.3, 0.4) is 0 Å². The van der Waals surface area contributed by atoms with Crippen LogP contribution in [0.5, 0.6) is 11.5 Å². The van der Waals surface area contributed by atoms with E-state index in [1.807, 2.05) is 6.92 Å². The van der Waals surface area contributed by atoms with Gasteiger partial charge in [-0.2, -0.15) is 0 Å². The molecule has 0 spiro atoms. The molecule has 2 aromatic rings. The summed E-state index contributed by atoms with van der Waals surface area (Å²) in [5, 5.41) is 10.8. The van der Waals surface area contributed by atoms with Gasteiger partial charge in [0.2, 0.25) is 8.32 Å². The smallest absolute Gasteiger partial charge is 0.339 e. The highest BCUT2D eigenvalue weighted by atomic mass is 28.4. The maximum atomic E-state index is 12.8. The molecule has 0 N–H and O–H groups in total. The van der Waals surface area contributed by atoms with Crippen LogP contribution < -0.4 is 9.16 Å². The Morgan fingerprint density at radius 2 is 1.73 bits per heavy atom. The highest BCUT2D eigenvalue weighted by Crippen LogP contribution is 2.39. The zero-order valence-electron chi connectivity index (χ0n) is 18.6. The summed E-state index contributed by atoms with van der Waals surface area (Å²) in [6, 6.07) is 9.32. The van der Waals surface area contributed by atoms with E-state index in [9.17, 15) is 14.9 Å². The highest BCUT2D eigenvalue weighted by Gasteiger charge is 2.39. The second-order valence-electron chi connectivity index (χ2n) is 8.66. The lowest BCUT2D eigenvalue weighted by Gasteiger charge is -2.37. The van der Waals surface area contributed by atoms with E-state index >= 15 is 0 Å². The van der Waals surface area contributed by atoms with Crippen LogP contribution in [0.15, 0.2) is 36.4 Å². The first kappa shape index (κ1) is 23.4. The van der Waals surface area contributed by atoms with Crippen molar-refractivity contribution in [2.75, 3.05) is 7.11 Å². The molecule has 0 aliphatic heterocycles. The molecule has 0 amide bonds. The Hall–Kier alpha value is -2.87. The lowest BCUT2D eigenvalue weighted by Crippen LogP contribution is -2.44. The zero-order chi connectivity index (χ0) is 22.7. The normalized spacial score (nSPS) is 11.7. The molecule has 2 rings (SSSR count). The van der Waals surface area contributed by atoms with Gasteiger partial charge in [0.1, 0.15) is 18.1 Å². The van der Waals surface area contributed by atoms with E-state index in [0.717, 1.165) is 0 Å². The highest BCUT2D eigenvalue weighted by molar-refractivity contribution is 6.74. The lowest BCUT2D eigenvalue weighted by atomic mass is 10.1. The minimum atomic E-state index is -2.12. The van der Waals surface area contributed by atoms with Crippen LogP contribution in [0.2, 0.25) is 18.1 Å². The van der Waals surface area contributed by atoms with Crippen molar-refractivity contribution in [2.24, 2.45) is 0 Å². The fraction of sp³-hybridized carbons (Fsp3) is 0.409. The Balaban J connectivity index is 2.25. The Morgan fingerprint density at radius 1 is 1.13 bits per heavy atom. The van der Waals surface area contributed by atoms with Crippen LogP contribution in [0.1, 0.15) is 42.3 Å². The van der Waals surface area contributed by atoms with Crippen LogP contribution in [0, 0.1) is 17.0 Å². The summed E-state index contributed by atoms with van der Waals surface area (Å²) in [4.78, 5) is 23.0. The molecule has 0 fully saturated rings. The van der Waals surface area contributed by atoms with E-state index in [1.165, 1.54) is 19.2 Å². The number of nitrogens with zero attached hydrogens (tertiary/aromatic N) is 1. The van der Waals surface area contributed by atoms with E-state index < -0.39 is 19.2 Å². The molecule has 0 unspecified atom stereocenters. The Morgan fingerprint density at radius 3 is 2.23 bits per heavy atom. The van der Waals surface area contributed by atoms with E-state index in [4.69, 9.17) is 13.9 Å². The number of ether oxygens (including phenoxy) is 2. The molecule has 0 aliphatic rings. The number of methoxy groups -OCH3 is 1. The zero-order valence-corrected chi connectivity index (χ0v) is 19.6. The van der Waals surface area contributed by atoms with E-state index in [-0.39, 0.29) is 17.3 Å². The number of hydrogen-bond donors (Lipinski definition) is 0. The van der Waals surface area contributed by atoms with Crippen molar-refractivity contribution >= 4 is 20.0 Å². The summed E-state index contributed by atoms with van der Waals surface area (Å²) in [5.74, 6) is 0.615. The van der Waals surface area contributed by atoms with Crippen LogP contribution in [-0.2, 0) is 11.3 Å². The number of nitro groups is 1. The quantitative estimate of drug-likeness (QED) is 0.243. The first-order valence-electron chi connectivity index (χ1n) is 9.64. The van der Waals surface area contributed by atoms with Gasteiger partial charge < -0.3 is 13.9 Å². The monoisotopic (exact) mass is 431 g/mol. The molecule has 0 saturated carbocycles. The summed E-state index contributed by atoms with van der Waals surface area (Å²) in [5.41, 5.74) is 1.70. The SMILES string of the molecule is COc1cc(O[Si](C)(C)C(C)(C)C)c(C)c(C(=O)OCc2ccc([N+](=O)[O-])cc2)c1. The van der Waals surface area contributed by atoms with Crippen molar-refractivity contribution in [3.05, 3.63) is 63.2 Å². The summed E-state index contributed by atoms with van der Waals surface area (Å²) in [6.45, 7) is 12.5. The van der Waals surface area contributed by atoms with E-state index in [1.54, 1.807) is 24.3 Å². The maximum Gasteiger partial charge on any atom is 0.339 e. The first-order chi connectivity index (χ1) is 13.9. The Labute approximate surface area is 178 Å². The number of nitro benzene ring substituents is 1. The average Bonchev–Trinajstić information content (AvgIpc) is 2.66. The predicted molar refractivity (Wildman–Crippen MR) is 118 cm³/mol. The van der Waals surface area contributed by atoms with Crippen molar-refractivity contribution < 1.29 is 23.6 Å². The van der Waals surface area contributed by atoms with Gasteiger partial charge in [-0.25, -0.2) is 4.79 Å². The second kappa shape index (κ2) is 8.87. The van der Waals surface area contributed by atoms with Gasteiger partial charge >= 0.3 is 5.97 Å². The third kappa shape index (κ3) is 5.38. The van der Waals surface area contributed by atoms with Crippen LogP contribution in [0.4, 0.5) is 5.69 Å². The van der Waals surface area contributed by atoms with Crippen LogP contribution in [-0.4, -0.2) is 26.3 Å². The molecule has 0 radical (unpaired) electrons. The Bertz CT molecular complexity index is 932. The number of carbonyl (C=O) groups is 1. The molecular formula is C22H29NO6Si. The standard InChI is InChI=1S/C22H29NO6Si/c1-15-19(21(24)28-14-16-8-10-17(11-9-16)23(25)26)12-18(27-5)13-20(15)29-30(6,7)22(2,3)4/h8-13H,14H2,1-7H3. The molecule has 0 atom stereocenters. The van der Waals surface area contributed by atoms with Gasteiger partial charge in [-0.1, -0.05) is 20.8 Å². The molecule has 2 aromatic carbocycles. The Kier molecular flexibility index (Phi) is 6.92. The van der Waals surface area contributed by atoms with E-state index in [0.29, 0.717) is 28.2 Å². The first-order valence-corrected chi connectivity index (χ1v) is 12.5. The van der Waals surface area contributed by atoms with Gasteiger partial charge in [0.05, 0.1) is 17.6 Å². The topological polar surface area (TPSA) is 87.9 Å². The second-order valence-corrected chi connectivity index (χ2v) is 13.4. The summed E-state index contributed by atoms with van der Waals surface area (Å²) < 4.78 is 17.2. The molecule has 7 nitrogen and oxygen atoms in total. The summed E-state index contributed by atoms with van der Waals surface area (Å²) in [6.07, 6.45) is 0. The third-order valence-electron chi connectivity index (χ3n) is 5.48. The summed E-state index contributed by atoms with van der Waals surface area (Å²) >= 11 is 0. The van der Waals surface area contributed by atoms with Crippen LogP contribution in [0.25, 0.3) is 0 Å². The van der Waals surface area contributed by atoms with Crippen molar-refractivity contribution in [1.29, 1.82) is 0 Å². The lowest BCUT2D eigenvalue weighted by molar-refractivity contribution is -0.384. The maximum absolute atomic E-state index is 12.8. The molecule has 0 aromatic heterocycles. The van der Waals surface area contributed by atoms with Crippen molar-refractivity contribution in [3.8, 4) is 11.5 Å². The fourth-order valence-electron chi connectivity index (χ4n) is 2.47. The molecule has 162 valence electrons. The molecule has 30 heavy (non-hydrogen) atoms. The third-order valence-corrected chi connectivity index (χ3v) is 9.82. The molecule has 0 bridgehead atoms. The minimum Gasteiger partial charge on any atom is -0.543 e. The van der Waals surface area contributed by atoms with E-state index in [2.05, 4.69) is 33.9 Å². The number of non-ortho nitro benzene ring substituents is 1. The molecule has 0 saturated heterocycles. The van der Waals surface area contributed by atoms with Crippen LogP contribution >= 0.6 is 0 Å². The number of esters is 1. The van der Waals surface area contributed by atoms with Gasteiger partial charge in [-0.15, -0.1) is 0 Å². The fourth-order valence-corrected chi connectivity index (χ4v) is 3.53. The minimum absolute atomic E-state index is 0.000884. The number of rotatable bonds is 7. The van der Waals surface area contributed by atoms with Crippen molar-refractivity contribution in [1.82, 2.24) is 0 Å².